The Morgan fingerprint density at radius 3 is 2.55 bits per heavy atom. The molecule has 6 nitrogen and oxygen atoms in total. The van der Waals surface area contributed by atoms with Crippen molar-refractivity contribution in [2.45, 2.75) is 25.6 Å². The summed E-state index contributed by atoms with van der Waals surface area (Å²) in [5, 5.41) is 9.68. The number of furan rings is 1. The van der Waals surface area contributed by atoms with Gasteiger partial charge in [0.2, 0.25) is 5.89 Å². The standard InChI is InChI=1S/C23H24N2O4/c1-27-18-10-8-17(9-11-18)15-25(20(12-13-26)22-7-4-14-28-22)16-23-24-19-5-2-3-6-21(19)29-23/h2-11,14,20,26H,12-13,15-16H2,1H3. The Hall–Kier alpha value is -3.09. The molecule has 0 aliphatic carbocycles. The molecule has 0 saturated carbocycles. The highest BCUT2D eigenvalue weighted by molar-refractivity contribution is 5.72. The molecule has 29 heavy (non-hydrogen) atoms. The lowest BCUT2D eigenvalue weighted by atomic mass is 10.1. The summed E-state index contributed by atoms with van der Waals surface area (Å²) in [6.45, 7) is 1.19. The molecule has 6 heteroatoms. The maximum atomic E-state index is 9.68. The molecule has 4 aromatic rings. The minimum absolute atomic E-state index is 0.0536. The molecule has 1 atom stereocenters. The Morgan fingerprint density at radius 2 is 1.86 bits per heavy atom. The smallest absolute Gasteiger partial charge is 0.209 e. The summed E-state index contributed by atoms with van der Waals surface area (Å²) in [4.78, 5) is 6.83. The second-order valence-corrected chi connectivity index (χ2v) is 6.87. The van der Waals surface area contributed by atoms with E-state index >= 15 is 0 Å². The van der Waals surface area contributed by atoms with Crippen molar-refractivity contribution < 1.29 is 18.7 Å². The van der Waals surface area contributed by atoms with E-state index in [1.807, 2.05) is 60.7 Å². The van der Waals surface area contributed by atoms with Crippen molar-refractivity contribution in [1.82, 2.24) is 9.88 Å². The number of hydrogen-bond acceptors (Lipinski definition) is 6. The summed E-state index contributed by atoms with van der Waals surface area (Å²) < 4.78 is 16.9. The first-order valence-electron chi connectivity index (χ1n) is 9.62. The lowest BCUT2D eigenvalue weighted by molar-refractivity contribution is 0.115. The van der Waals surface area contributed by atoms with Crippen LogP contribution in [0.1, 0.15) is 29.7 Å². The quantitative estimate of drug-likeness (QED) is 0.450. The Labute approximate surface area is 169 Å². The average Bonchev–Trinajstić information content (AvgIpc) is 3.41. The van der Waals surface area contributed by atoms with Crippen molar-refractivity contribution in [3.8, 4) is 5.75 Å². The number of aromatic nitrogens is 1. The molecule has 0 amide bonds. The number of oxazole rings is 1. The van der Waals surface area contributed by atoms with Crippen LogP contribution in [0.15, 0.2) is 75.8 Å². The number of benzene rings is 2. The van der Waals surface area contributed by atoms with Gasteiger partial charge in [-0.25, -0.2) is 4.98 Å². The number of fused-ring (bicyclic) bond motifs is 1. The van der Waals surface area contributed by atoms with E-state index in [-0.39, 0.29) is 12.6 Å². The molecular formula is C23H24N2O4. The zero-order chi connectivity index (χ0) is 20.1. The fraction of sp³-hybridized carbons (Fsp3) is 0.261. The van der Waals surface area contributed by atoms with Crippen molar-refractivity contribution in [2.75, 3.05) is 13.7 Å². The summed E-state index contributed by atoms with van der Waals surface area (Å²) in [5.74, 6) is 2.26. The third-order valence-electron chi connectivity index (χ3n) is 4.94. The topological polar surface area (TPSA) is 71.9 Å². The zero-order valence-corrected chi connectivity index (χ0v) is 16.3. The largest absolute Gasteiger partial charge is 0.497 e. The van der Waals surface area contributed by atoms with Crippen molar-refractivity contribution in [3.63, 3.8) is 0 Å². The predicted octanol–water partition coefficient (Wildman–Crippen LogP) is 4.56. The van der Waals surface area contributed by atoms with E-state index < -0.39 is 0 Å². The molecule has 4 rings (SSSR count). The van der Waals surface area contributed by atoms with E-state index in [2.05, 4.69) is 9.88 Å². The molecule has 0 aliphatic heterocycles. The third kappa shape index (κ3) is 4.50. The molecule has 0 fully saturated rings. The van der Waals surface area contributed by atoms with Gasteiger partial charge in [-0.1, -0.05) is 24.3 Å². The number of ether oxygens (including phenoxy) is 1. The molecule has 1 N–H and O–H groups in total. The summed E-state index contributed by atoms with van der Waals surface area (Å²) in [6.07, 6.45) is 2.20. The first-order valence-corrected chi connectivity index (χ1v) is 9.62. The minimum Gasteiger partial charge on any atom is -0.497 e. The molecule has 2 aromatic carbocycles. The number of nitrogens with zero attached hydrogens (tertiary/aromatic N) is 2. The second-order valence-electron chi connectivity index (χ2n) is 6.87. The van der Waals surface area contributed by atoms with Gasteiger partial charge in [-0.2, -0.15) is 0 Å². The molecule has 0 saturated heterocycles. The summed E-state index contributed by atoms with van der Waals surface area (Å²) >= 11 is 0. The normalized spacial score (nSPS) is 12.5. The molecule has 0 spiro atoms. The van der Waals surface area contributed by atoms with E-state index in [1.165, 1.54) is 0 Å². The van der Waals surface area contributed by atoms with Crippen LogP contribution in [0.2, 0.25) is 0 Å². The average molecular weight is 392 g/mol. The van der Waals surface area contributed by atoms with Gasteiger partial charge in [0.05, 0.1) is 26.0 Å². The number of para-hydroxylation sites is 2. The Morgan fingerprint density at radius 1 is 1.03 bits per heavy atom. The SMILES string of the molecule is COc1ccc(CN(Cc2nc3ccccc3o2)C(CCO)c2ccco2)cc1. The van der Waals surface area contributed by atoms with E-state index in [4.69, 9.17) is 13.6 Å². The van der Waals surface area contributed by atoms with Gasteiger partial charge in [0, 0.05) is 13.2 Å². The van der Waals surface area contributed by atoms with Gasteiger partial charge in [-0.15, -0.1) is 0 Å². The van der Waals surface area contributed by atoms with Crippen LogP contribution in [0.25, 0.3) is 11.1 Å². The van der Waals surface area contributed by atoms with Crippen LogP contribution < -0.4 is 4.74 Å². The van der Waals surface area contributed by atoms with E-state index in [0.29, 0.717) is 25.4 Å². The summed E-state index contributed by atoms with van der Waals surface area (Å²) in [7, 11) is 1.66. The minimum atomic E-state index is -0.105. The van der Waals surface area contributed by atoms with Crippen LogP contribution in [-0.2, 0) is 13.1 Å². The second kappa shape index (κ2) is 8.94. The van der Waals surface area contributed by atoms with E-state index in [1.54, 1.807) is 13.4 Å². The Balaban J connectivity index is 1.64. The monoisotopic (exact) mass is 392 g/mol. The molecule has 1 unspecified atom stereocenters. The van der Waals surface area contributed by atoms with Gasteiger partial charge < -0.3 is 18.7 Å². The van der Waals surface area contributed by atoms with E-state index in [9.17, 15) is 5.11 Å². The molecule has 150 valence electrons. The fourth-order valence-electron chi connectivity index (χ4n) is 3.51. The van der Waals surface area contributed by atoms with Crippen molar-refractivity contribution >= 4 is 11.1 Å². The summed E-state index contributed by atoms with van der Waals surface area (Å²) in [5.41, 5.74) is 2.73. The Kier molecular flexibility index (Phi) is 5.93. The lowest BCUT2D eigenvalue weighted by Crippen LogP contribution is -2.29. The van der Waals surface area contributed by atoms with Crippen molar-refractivity contribution in [1.29, 1.82) is 0 Å². The van der Waals surface area contributed by atoms with Gasteiger partial charge >= 0.3 is 0 Å². The first kappa shape index (κ1) is 19.2. The highest BCUT2D eigenvalue weighted by Crippen LogP contribution is 2.29. The number of hydrogen-bond donors (Lipinski definition) is 1. The summed E-state index contributed by atoms with van der Waals surface area (Å²) in [6, 6.07) is 19.4. The van der Waals surface area contributed by atoms with Gasteiger partial charge in [0.25, 0.3) is 0 Å². The maximum Gasteiger partial charge on any atom is 0.209 e. The van der Waals surface area contributed by atoms with Crippen molar-refractivity contribution in [2.24, 2.45) is 0 Å². The predicted molar refractivity (Wildman–Crippen MR) is 109 cm³/mol. The Bertz CT molecular complexity index is 992. The van der Waals surface area contributed by atoms with Gasteiger partial charge in [-0.3, -0.25) is 4.90 Å². The van der Waals surface area contributed by atoms with Crippen LogP contribution in [0, 0.1) is 0 Å². The van der Waals surface area contributed by atoms with E-state index in [0.717, 1.165) is 28.2 Å². The van der Waals surface area contributed by atoms with Gasteiger partial charge in [0.1, 0.15) is 17.0 Å². The van der Waals surface area contributed by atoms with Crippen LogP contribution in [0.5, 0.6) is 5.75 Å². The molecule has 0 radical (unpaired) electrons. The molecule has 2 heterocycles. The number of aliphatic hydroxyl groups excluding tert-OH is 1. The van der Waals surface area contributed by atoms with Gasteiger partial charge in [0.15, 0.2) is 5.58 Å². The number of rotatable bonds is 9. The lowest BCUT2D eigenvalue weighted by Gasteiger charge is -2.29. The van der Waals surface area contributed by atoms with Crippen LogP contribution in [0.4, 0.5) is 0 Å². The molecular weight excluding hydrogens is 368 g/mol. The van der Waals surface area contributed by atoms with Crippen molar-refractivity contribution in [3.05, 3.63) is 84.1 Å². The first-order chi connectivity index (χ1) is 14.3. The van der Waals surface area contributed by atoms with Crippen LogP contribution in [-0.4, -0.2) is 28.7 Å². The number of methoxy groups -OCH3 is 1. The maximum absolute atomic E-state index is 9.68. The highest BCUT2D eigenvalue weighted by Gasteiger charge is 2.25. The molecule has 2 aromatic heterocycles. The number of aliphatic hydroxyl groups is 1. The molecule has 0 aliphatic rings. The van der Waals surface area contributed by atoms with Crippen LogP contribution in [0.3, 0.4) is 0 Å². The zero-order valence-electron chi connectivity index (χ0n) is 16.3. The third-order valence-corrected chi connectivity index (χ3v) is 4.94. The van der Waals surface area contributed by atoms with Crippen LogP contribution >= 0.6 is 0 Å². The van der Waals surface area contributed by atoms with Gasteiger partial charge in [-0.05, 0) is 48.4 Å². The molecule has 0 bridgehead atoms. The fourth-order valence-corrected chi connectivity index (χ4v) is 3.51. The highest BCUT2D eigenvalue weighted by atomic mass is 16.5.